The summed E-state index contributed by atoms with van der Waals surface area (Å²) in [6.07, 6.45) is 0. The number of carbonyl (C=O) groups excluding carboxylic acids is 2. The van der Waals surface area contributed by atoms with E-state index in [-0.39, 0.29) is 12.5 Å². The van der Waals surface area contributed by atoms with Gasteiger partial charge in [0.2, 0.25) is 5.91 Å². The molecule has 2 rings (SSSR count). The smallest absolute Gasteiger partial charge is 0.337 e. The number of nitrogens with zero attached hydrogens (tertiary/aromatic N) is 1. The number of methoxy groups -OCH3 is 2. The lowest BCUT2D eigenvalue weighted by Gasteiger charge is -2.18. The number of aryl methyl sites for hydroxylation is 1. The predicted octanol–water partition coefficient (Wildman–Crippen LogP) is 2.86. The van der Waals surface area contributed by atoms with Crippen LogP contribution in [0.5, 0.6) is 5.75 Å². The topological polar surface area (TPSA) is 67.9 Å². The molecular weight excluding hydrogens is 332 g/mol. The fourth-order valence-electron chi connectivity index (χ4n) is 2.63. The molecule has 2 aromatic carbocycles. The Morgan fingerprint density at radius 1 is 1.08 bits per heavy atom. The van der Waals surface area contributed by atoms with Gasteiger partial charge in [0.1, 0.15) is 5.75 Å². The van der Waals surface area contributed by atoms with Crippen molar-refractivity contribution in [2.24, 2.45) is 0 Å². The molecular formula is C20H24N2O4. The predicted molar refractivity (Wildman–Crippen MR) is 100 cm³/mol. The van der Waals surface area contributed by atoms with E-state index in [1.54, 1.807) is 31.4 Å². The van der Waals surface area contributed by atoms with Crippen LogP contribution in [-0.2, 0) is 16.1 Å². The molecule has 0 aromatic heterocycles. The first-order valence-electron chi connectivity index (χ1n) is 8.23. The van der Waals surface area contributed by atoms with Crippen LogP contribution >= 0.6 is 0 Å². The molecule has 0 aliphatic heterocycles. The zero-order chi connectivity index (χ0) is 19.1. The number of esters is 1. The van der Waals surface area contributed by atoms with Crippen LogP contribution in [0, 0.1) is 6.92 Å². The Bertz CT molecular complexity index is 772. The molecule has 0 aliphatic rings. The van der Waals surface area contributed by atoms with Gasteiger partial charge >= 0.3 is 5.97 Å². The van der Waals surface area contributed by atoms with Gasteiger partial charge in [-0.15, -0.1) is 0 Å². The molecule has 0 unspecified atom stereocenters. The maximum absolute atomic E-state index is 12.2. The summed E-state index contributed by atoms with van der Waals surface area (Å²) in [5, 5.41) is 2.82. The summed E-state index contributed by atoms with van der Waals surface area (Å²) in [5.41, 5.74) is 3.24. The monoisotopic (exact) mass is 356 g/mol. The average Bonchev–Trinajstić information content (AvgIpc) is 2.61. The first kappa shape index (κ1) is 19.5. The van der Waals surface area contributed by atoms with E-state index in [2.05, 4.69) is 16.1 Å². The Hall–Kier alpha value is -2.86. The zero-order valence-corrected chi connectivity index (χ0v) is 15.5. The van der Waals surface area contributed by atoms with Crippen molar-refractivity contribution < 1.29 is 19.1 Å². The van der Waals surface area contributed by atoms with Crippen molar-refractivity contribution in [3.05, 3.63) is 59.2 Å². The van der Waals surface area contributed by atoms with Crippen LogP contribution in [-0.4, -0.2) is 44.6 Å². The Labute approximate surface area is 153 Å². The van der Waals surface area contributed by atoms with Gasteiger partial charge in [0, 0.05) is 17.8 Å². The summed E-state index contributed by atoms with van der Waals surface area (Å²) >= 11 is 0. The van der Waals surface area contributed by atoms with Gasteiger partial charge in [-0.05, 0) is 44.3 Å². The Balaban J connectivity index is 1.93. The van der Waals surface area contributed by atoms with Gasteiger partial charge in [0.25, 0.3) is 0 Å². The van der Waals surface area contributed by atoms with Gasteiger partial charge in [-0.25, -0.2) is 4.79 Å². The quantitative estimate of drug-likeness (QED) is 0.773. The van der Waals surface area contributed by atoms with E-state index in [1.165, 1.54) is 7.11 Å². The average molecular weight is 356 g/mol. The van der Waals surface area contributed by atoms with Crippen molar-refractivity contribution in [2.75, 3.05) is 33.1 Å². The third-order valence-corrected chi connectivity index (χ3v) is 3.88. The van der Waals surface area contributed by atoms with Crippen molar-refractivity contribution in [1.29, 1.82) is 0 Å². The highest BCUT2D eigenvalue weighted by atomic mass is 16.5. The van der Waals surface area contributed by atoms with Crippen molar-refractivity contribution in [3.63, 3.8) is 0 Å². The summed E-state index contributed by atoms with van der Waals surface area (Å²) < 4.78 is 10.0. The lowest BCUT2D eigenvalue weighted by atomic mass is 10.1. The molecule has 0 bridgehead atoms. The van der Waals surface area contributed by atoms with Crippen molar-refractivity contribution in [2.45, 2.75) is 13.5 Å². The SMILES string of the molecule is COC(=O)c1ccc(NC(=O)CN(C)Cc2cc(C)ccc2OC)cc1. The number of rotatable bonds is 7. The highest BCUT2D eigenvalue weighted by Crippen LogP contribution is 2.21. The number of ether oxygens (including phenoxy) is 2. The van der Waals surface area contributed by atoms with Crippen molar-refractivity contribution >= 4 is 17.6 Å². The molecule has 138 valence electrons. The number of amides is 1. The van der Waals surface area contributed by atoms with Crippen LogP contribution in [0.25, 0.3) is 0 Å². The fraction of sp³-hybridized carbons (Fsp3) is 0.300. The minimum atomic E-state index is -0.408. The number of hydrogen-bond acceptors (Lipinski definition) is 5. The molecule has 1 amide bonds. The summed E-state index contributed by atoms with van der Waals surface area (Å²) in [6.45, 7) is 2.85. The van der Waals surface area contributed by atoms with Crippen LogP contribution in [0.15, 0.2) is 42.5 Å². The number of nitrogens with one attached hydrogen (secondary N) is 1. The molecule has 26 heavy (non-hydrogen) atoms. The molecule has 6 nitrogen and oxygen atoms in total. The van der Waals surface area contributed by atoms with E-state index in [0.717, 1.165) is 16.9 Å². The third kappa shape index (κ3) is 5.32. The Kier molecular flexibility index (Phi) is 6.74. The van der Waals surface area contributed by atoms with Crippen molar-refractivity contribution in [3.8, 4) is 5.75 Å². The van der Waals surface area contributed by atoms with E-state index >= 15 is 0 Å². The van der Waals surface area contributed by atoms with Crippen LogP contribution in [0.4, 0.5) is 5.69 Å². The van der Waals surface area contributed by atoms with Gasteiger partial charge in [0.05, 0.1) is 26.3 Å². The zero-order valence-electron chi connectivity index (χ0n) is 15.5. The van der Waals surface area contributed by atoms with Gasteiger partial charge in [-0.2, -0.15) is 0 Å². The number of anilines is 1. The molecule has 0 aliphatic carbocycles. The molecule has 0 fully saturated rings. The molecule has 0 atom stereocenters. The largest absolute Gasteiger partial charge is 0.496 e. The third-order valence-electron chi connectivity index (χ3n) is 3.88. The summed E-state index contributed by atoms with van der Waals surface area (Å²) in [5.74, 6) is 0.265. The van der Waals surface area contributed by atoms with E-state index < -0.39 is 5.97 Å². The van der Waals surface area contributed by atoms with Crippen LogP contribution in [0.1, 0.15) is 21.5 Å². The van der Waals surface area contributed by atoms with Crippen LogP contribution < -0.4 is 10.1 Å². The minimum Gasteiger partial charge on any atom is -0.496 e. The maximum Gasteiger partial charge on any atom is 0.337 e. The summed E-state index contributed by atoms with van der Waals surface area (Å²) in [6, 6.07) is 12.6. The molecule has 1 N–H and O–H groups in total. The minimum absolute atomic E-state index is 0.134. The number of likely N-dealkylation sites (N-methyl/N-ethyl adjacent to an activating group) is 1. The van der Waals surface area contributed by atoms with Gasteiger partial charge in [-0.3, -0.25) is 9.69 Å². The summed E-state index contributed by atoms with van der Waals surface area (Å²) in [7, 11) is 4.84. The molecule has 6 heteroatoms. The van der Waals surface area contributed by atoms with E-state index in [9.17, 15) is 9.59 Å². The van der Waals surface area contributed by atoms with Crippen molar-refractivity contribution in [1.82, 2.24) is 4.90 Å². The highest BCUT2D eigenvalue weighted by molar-refractivity contribution is 5.93. The first-order chi connectivity index (χ1) is 12.4. The van der Waals surface area contributed by atoms with Crippen LogP contribution in [0.2, 0.25) is 0 Å². The lowest BCUT2D eigenvalue weighted by Crippen LogP contribution is -2.30. The number of benzene rings is 2. The lowest BCUT2D eigenvalue weighted by molar-refractivity contribution is -0.117. The Morgan fingerprint density at radius 2 is 1.77 bits per heavy atom. The van der Waals surface area contributed by atoms with Gasteiger partial charge in [0.15, 0.2) is 0 Å². The molecule has 0 saturated heterocycles. The standard InChI is InChI=1S/C20H24N2O4/c1-14-5-10-18(25-3)16(11-14)12-22(2)13-19(23)21-17-8-6-15(7-9-17)20(24)26-4/h5-11H,12-13H2,1-4H3,(H,21,23). The maximum atomic E-state index is 12.2. The second-order valence-electron chi connectivity index (χ2n) is 6.10. The van der Waals surface area contributed by atoms with E-state index in [4.69, 9.17) is 4.74 Å². The molecule has 0 heterocycles. The van der Waals surface area contributed by atoms with E-state index in [0.29, 0.717) is 17.8 Å². The molecule has 2 aromatic rings. The van der Waals surface area contributed by atoms with Crippen LogP contribution in [0.3, 0.4) is 0 Å². The molecule has 0 saturated carbocycles. The normalized spacial score (nSPS) is 10.5. The molecule has 0 radical (unpaired) electrons. The number of hydrogen-bond donors (Lipinski definition) is 1. The van der Waals surface area contributed by atoms with Gasteiger partial charge < -0.3 is 14.8 Å². The highest BCUT2D eigenvalue weighted by Gasteiger charge is 2.11. The Morgan fingerprint density at radius 3 is 2.38 bits per heavy atom. The summed E-state index contributed by atoms with van der Waals surface area (Å²) in [4.78, 5) is 25.6. The fourth-order valence-corrected chi connectivity index (χ4v) is 2.63. The van der Waals surface area contributed by atoms with E-state index in [1.807, 2.05) is 31.0 Å². The van der Waals surface area contributed by atoms with Gasteiger partial charge in [-0.1, -0.05) is 17.7 Å². The second kappa shape index (κ2) is 9.01. The number of carbonyl (C=O) groups is 2. The second-order valence-corrected chi connectivity index (χ2v) is 6.10. The first-order valence-corrected chi connectivity index (χ1v) is 8.23. The molecule has 0 spiro atoms.